The summed E-state index contributed by atoms with van der Waals surface area (Å²) in [5.74, 6) is -0.803. The number of morpholine rings is 1. The lowest BCUT2D eigenvalue weighted by molar-refractivity contribution is -0.133. The molecule has 11 nitrogen and oxygen atoms in total. The van der Waals surface area contributed by atoms with Crippen LogP contribution in [0.1, 0.15) is 25.7 Å². The second-order valence-corrected chi connectivity index (χ2v) is 11.4. The molecule has 2 aromatic carbocycles. The Morgan fingerprint density at radius 1 is 1.07 bits per heavy atom. The van der Waals surface area contributed by atoms with Crippen molar-refractivity contribution in [2.75, 3.05) is 51.9 Å². The first kappa shape index (κ1) is 31.4. The second kappa shape index (κ2) is 13.8. The third-order valence-corrected chi connectivity index (χ3v) is 8.19. The van der Waals surface area contributed by atoms with E-state index >= 15 is 4.39 Å². The highest BCUT2D eigenvalue weighted by molar-refractivity contribution is 6.13. The van der Waals surface area contributed by atoms with E-state index in [9.17, 15) is 14.0 Å². The molecule has 3 aliphatic rings. The molecule has 1 atom stereocenters. The van der Waals surface area contributed by atoms with Crippen LogP contribution in [0.15, 0.2) is 60.6 Å². The van der Waals surface area contributed by atoms with Gasteiger partial charge in [0.1, 0.15) is 17.9 Å². The Balaban J connectivity index is 1.11. The molecule has 2 fully saturated rings. The quantitative estimate of drug-likeness (QED) is 0.216. The zero-order valence-electron chi connectivity index (χ0n) is 25.4. The number of hydrogen-bond acceptors (Lipinski definition) is 9. The summed E-state index contributed by atoms with van der Waals surface area (Å²) >= 11 is 0. The highest BCUT2D eigenvalue weighted by Gasteiger charge is 2.56. The molecule has 2 heterocycles. The van der Waals surface area contributed by atoms with E-state index in [1.807, 2.05) is 0 Å². The van der Waals surface area contributed by atoms with E-state index in [1.54, 1.807) is 25.3 Å². The number of halogens is 2. The molecule has 0 radical (unpaired) electrons. The summed E-state index contributed by atoms with van der Waals surface area (Å²) in [6, 6.07) is 7.38. The smallest absolute Gasteiger partial charge is 0.240 e. The summed E-state index contributed by atoms with van der Waals surface area (Å²) in [4.78, 5) is 36.8. The monoisotopic (exact) mass is 635 g/mol. The molecule has 2 N–H and O–H groups in total. The maximum Gasteiger partial charge on any atom is 0.240 e. The number of alkyl halides is 1. The number of benzene rings is 2. The average Bonchev–Trinajstić information content (AvgIpc) is 3.88. The van der Waals surface area contributed by atoms with Crippen molar-refractivity contribution < 1.29 is 37.3 Å². The third-order valence-electron chi connectivity index (χ3n) is 8.19. The molecular weight excluding hydrogens is 600 g/mol. The van der Waals surface area contributed by atoms with Crippen LogP contribution >= 0.6 is 0 Å². The molecule has 1 unspecified atom stereocenters. The van der Waals surface area contributed by atoms with Crippen molar-refractivity contribution in [1.82, 2.24) is 20.2 Å². The molecule has 46 heavy (non-hydrogen) atoms. The van der Waals surface area contributed by atoms with E-state index in [2.05, 4.69) is 25.5 Å². The summed E-state index contributed by atoms with van der Waals surface area (Å²) in [6.45, 7) is 4.63. The molecule has 0 spiro atoms. The largest absolute Gasteiger partial charge is 0.493 e. The predicted octanol–water partition coefficient (Wildman–Crippen LogP) is 4.69. The lowest BCUT2D eigenvalue weighted by atomic mass is 10.0. The van der Waals surface area contributed by atoms with Crippen LogP contribution in [-0.4, -0.2) is 79.4 Å². The van der Waals surface area contributed by atoms with Crippen molar-refractivity contribution in [2.45, 2.75) is 31.9 Å². The number of fused-ring (bicyclic) bond motifs is 1. The number of carbonyl (C=O) groups is 2. The number of aromatic nitrogens is 2. The number of amides is 2. The standard InChI is InChI=1S/C33H35F2N5O6/c1-43-28-19-26-24(18-29(28)45-14-2-11-40-12-15-44-16-13-40)30(37-20-36-26)46-27-8-7-23(17-25(27)35)39-32(42)33(9-10-33)31(41)38-22-5-3-21(34)4-6-22/h3,5-8,17-21H,2,4,9-16H2,1H3,(H,38,41)(H,39,42). The van der Waals surface area contributed by atoms with Crippen LogP contribution in [0.4, 0.5) is 14.5 Å². The van der Waals surface area contributed by atoms with Gasteiger partial charge in [-0.2, -0.15) is 0 Å². The van der Waals surface area contributed by atoms with E-state index in [0.29, 0.717) is 47.5 Å². The zero-order chi connectivity index (χ0) is 32.1. The maximum atomic E-state index is 15.3. The van der Waals surface area contributed by atoms with E-state index in [-0.39, 0.29) is 23.7 Å². The molecule has 1 aliphatic heterocycles. The zero-order valence-corrected chi connectivity index (χ0v) is 25.4. The van der Waals surface area contributed by atoms with Gasteiger partial charge in [0.2, 0.25) is 17.7 Å². The SMILES string of the molecule is COc1cc2ncnc(Oc3ccc(NC(=O)C4(C(=O)NC5=CCC(F)C=C5)CC4)cc3F)c2cc1OCCCN1CCOCC1. The summed E-state index contributed by atoms with van der Waals surface area (Å²) in [5.41, 5.74) is -0.140. The summed E-state index contributed by atoms with van der Waals surface area (Å²) < 4.78 is 51.4. The summed E-state index contributed by atoms with van der Waals surface area (Å²) in [6.07, 6.45) is 6.28. The van der Waals surface area contributed by atoms with Gasteiger partial charge in [0.25, 0.3) is 0 Å². The van der Waals surface area contributed by atoms with Crippen molar-refractivity contribution in [1.29, 1.82) is 0 Å². The van der Waals surface area contributed by atoms with Gasteiger partial charge in [-0.1, -0.05) is 6.08 Å². The molecular formula is C33H35F2N5O6. The molecule has 1 saturated heterocycles. The summed E-state index contributed by atoms with van der Waals surface area (Å²) in [7, 11) is 1.54. The molecule has 1 saturated carbocycles. The topological polar surface area (TPSA) is 124 Å². The minimum atomic E-state index is -1.27. The van der Waals surface area contributed by atoms with E-state index in [0.717, 1.165) is 45.3 Å². The van der Waals surface area contributed by atoms with Crippen LogP contribution < -0.4 is 24.8 Å². The fourth-order valence-corrected chi connectivity index (χ4v) is 5.33. The van der Waals surface area contributed by atoms with Gasteiger partial charge in [-0.05, 0) is 49.6 Å². The van der Waals surface area contributed by atoms with Crippen LogP contribution in [0.2, 0.25) is 0 Å². The Labute approximate surface area is 264 Å². The van der Waals surface area contributed by atoms with Crippen LogP contribution in [-0.2, 0) is 14.3 Å². The first-order valence-electron chi connectivity index (χ1n) is 15.2. The Hall–Kier alpha value is -4.62. The lowest BCUT2D eigenvalue weighted by Gasteiger charge is -2.26. The fourth-order valence-electron chi connectivity index (χ4n) is 5.33. The first-order chi connectivity index (χ1) is 22.3. The minimum absolute atomic E-state index is 0.111. The van der Waals surface area contributed by atoms with Gasteiger partial charge >= 0.3 is 0 Å². The highest BCUT2D eigenvalue weighted by Crippen LogP contribution is 2.47. The average molecular weight is 636 g/mol. The number of hydrogen-bond donors (Lipinski definition) is 2. The lowest BCUT2D eigenvalue weighted by Crippen LogP contribution is -2.39. The second-order valence-electron chi connectivity index (χ2n) is 11.4. The van der Waals surface area contributed by atoms with Crippen molar-refractivity contribution in [3.63, 3.8) is 0 Å². The van der Waals surface area contributed by atoms with Crippen molar-refractivity contribution in [3.05, 3.63) is 66.4 Å². The minimum Gasteiger partial charge on any atom is -0.493 e. The number of nitrogens with one attached hydrogen (secondary N) is 2. The van der Waals surface area contributed by atoms with E-state index in [1.165, 1.54) is 30.6 Å². The predicted molar refractivity (Wildman–Crippen MR) is 165 cm³/mol. The van der Waals surface area contributed by atoms with Crippen molar-refractivity contribution >= 4 is 28.4 Å². The summed E-state index contributed by atoms with van der Waals surface area (Å²) in [5, 5.41) is 5.82. The Kier molecular flexibility index (Phi) is 9.41. The van der Waals surface area contributed by atoms with Gasteiger partial charge in [-0.25, -0.2) is 18.7 Å². The number of ether oxygens (including phenoxy) is 4. The number of nitrogens with zero attached hydrogens (tertiary/aromatic N) is 3. The van der Waals surface area contributed by atoms with Gasteiger partial charge in [0, 0.05) is 49.6 Å². The molecule has 242 valence electrons. The van der Waals surface area contributed by atoms with Crippen LogP contribution in [0.25, 0.3) is 10.9 Å². The number of methoxy groups -OCH3 is 1. The van der Waals surface area contributed by atoms with Crippen LogP contribution in [0.5, 0.6) is 23.1 Å². The van der Waals surface area contributed by atoms with Crippen molar-refractivity contribution in [3.8, 4) is 23.1 Å². The van der Waals surface area contributed by atoms with Crippen LogP contribution in [0, 0.1) is 11.2 Å². The molecule has 13 heteroatoms. The van der Waals surface area contributed by atoms with Gasteiger partial charge in [-0.3, -0.25) is 14.5 Å². The van der Waals surface area contributed by atoms with Crippen molar-refractivity contribution in [2.24, 2.45) is 5.41 Å². The fraction of sp³-hybridized carbons (Fsp3) is 0.394. The van der Waals surface area contributed by atoms with Gasteiger partial charge < -0.3 is 29.6 Å². The highest BCUT2D eigenvalue weighted by atomic mass is 19.1. The number of carbonyl (C=O) groups excluding carboxylic acids is 2. The Bertz CT molecular complexity index is 1670. The van der Waals surface area contributed by atoms with E-state index < -0.39 is 29.2 Å². The molecule has 2 aliphatic carbocycles. The van der Waals surface area contributed by atoms with Gasteiger partial charge in [0.15, 0.2) is 23.1 Å². The number of allylic oxidation sites excluding steroid dienone is 3. The Morgan fingerprint density at radius 3 is 2.59 bits per heavy atom. The molecule has 3 aromatic rings. The first-order valence-corrected chi connectivity index (χ1v) is 15.2. The van der Waals surface area contributed by atoms with Crippen LogP contribution in [0.3, 0.4) is 0 Å². The van der Waals surface area contributed by atoms with Gasteiger partial charge in [-0.15, -0.1) is 0 Å². The molecule has 2 amide bonds. The normalized spacial score (nSPS) is 18.8. The maximum absolute atomic E-state index is 15.3. The number of rotatable bonds is 12. The Morgan fingerprint density at radius 2 is 1.87 bits per heavy atom. The molecule has 0 bridgehead atoms. The number of anilines is 1. The van der Waals surface area contributed by atoms with Gasteiger partial charge in [0.05, 0.1) is 37.8 Å². The third kappa shape index (κ3) is 7.10. The molecule has 6 rings (SSSR count). The van der Waals surface area contributed by atoms with E-state index in [4.69, 9.17) is 18.9 Å². The molecule has 1 aromatic heterocycles.